The first-order valence-electron chi connectivity index (χ1n) is 5.20. The van der Waals surface area contributed by atoms with Crippen LogP contribution in [0.2, 0.25) is 0 Å². The van der Waals surface area contributed by atoms with E-state index in [0.29, 0.717) is 5.76 Å². The highest BCUT2D eigenvalue weighted by Crippen LogP contribution is 2.11. The number of carbonyl (C=O) groups excluding carboxylic acids is 2. The van der Waals surface area contributed by atoms with Crippen LogP contribution in [0.1, 0.15) is 5.76 Å². The van der Waals surface area contributed by atoms with Crippen molar-refractivity contribution in [2.45, 2.75) is 6.18 Å². The molecule has 0 spiro atoms. The maximum absolute atomic E-state index is 11.8. The third kappa shape index (κ3) is 6.92. The average molecular weight is 276 g/mol. The highest BCUT2D eigenvalue weighted by molar-refractivity contribution is 5.93. The molecule has 0 aromatic carbocycles. The molecular weight excluding hydrogens is 265 g/mol. The Kier molecular flexibility index (Phi) is 5.16. The third-order valence-corrected chi connectivity index (χ3v) is 1.85. The van der Waals surface area contributed by atoms with Crippen LogP contribution in [-0.2, 0) is 9.59 Å². The Labute approximate surface area is 106 Å². The second-order valence-corrected chi connectivity index (χ2v) is 3.46. The number of rotatable bonds is 5. The molecule has 104 valence electrons. The minimum absolute atomic E-state index is 0.441. The van der Waals surface area contributed by atoms with Gasteiger partial charge in [0.25, 0.3) is 0 Å². The van der Waals surface area contributed by atoms with Crippen molar-refractivity contribution < 1.29 is 27.2 Å². The van der Waals surface area contributed by atoms with E-state index in [1.165, 1.54) is 12.3 Å². The third-order valence-electron chi connectivity index (χ3n) is 1.85. The van der Waals surface area contributed by atoms with Crippen LogP contribution in [0, 0.1) is 0 Å². The molecule has 0 unspecified atom stereocenters. The summed E-state index contributed by atoms with van der Waals surface area (Å²) in [4.78, 5) is 22.2. The molecule has 1 heterocycles. The van der Waals surface area contributed by atoms with E-state index in [4.69, 9.17) is 4.42 Å². The van der Waals surface area contributed by atoms with Crippen LogP contribution in [0.4, 0.5) is 13.2 Å². The van der Waals surface area contributed by atoms with Gasteiger partial charge >= 0.3 is 6.18 Å². The molecule has 0 fully saturated rings. The highest BCUT2D eigenvalue weighted by atomic mass is 19.4. The fraction of sp³-hybridized carbons (Fsp3) is 0.273. The normalized spacial score (nSPS) is 11.5. The molecule has 2 N–H and O–H groups in total. The molecule has 0 aliphatic rings. The molecule has 0 saturated heterocycles. The molecule has 0 saturated carbocycles. The van der Waals surface area contributed by atoms with Gasteiger partial charge in [-0.1, -0.05) is 0 Å². The summed E-state index contributed by atoms with van der Waals surface area (Å²) in [5.74, 6) is -1.09. The van der Waals surface area contributed by atoms with Crippen molar-refractivity contribution >= 4 is 17.9 Å². The zero-order chi connectivity index (χ0) is 14.3. The Morgan fingerprint density at radius 1 is 1.32 bits per heavy atom. The summed E-state index contributed by atoms with van der Waals surface area (Å²) in [6, 6.07) is 3.24. The number of furan rings is 1. The van der Waals surface area contributed by atoms with Crippen LogP contribution < -0.4 is 10.6 Å². The van der Waals surface area contributed by atoms with Gasteiger partial charge in [0.05, 0.1) is 12.8 Å². The highest BCUT2D eigenvalue weighted by Gasteiger charge is 2.27. The molecule has 1 aromatic rings. The molecule has 8 heteroatoms. The summed E-state index contributed by atoms with van der Waals surface area (Å²) in [6.07, 6.45) is -0.583. The van der Waals surface area contributed by atoms with Gasteiger partial charge in [0, 0.05) is 6.08 Å². The van der Waals surface area contributed by atoms with Gasteiger partial charge in [0.15, 0.2) is 0 Å². The topological polar surface area (TPSA) is 71.3 Å². The molecule has 19 heavy (non-hydrogen) atoms. The van der Waals surface area contributed by atoms with Gasteiger partial charge in [0.2, 0.25) is 11.8 Å². The maximum Gasteiger partial charge on any atom is 0.405 e. The number of carbonyl (C=O) groups is 2. The van der Waals surface area contributed by atoms with Crippen LogP contribution in [-0.4, -0.2) is 31.1 Å². The molecule has 0 atom stereocenters. The number of hydrogen-bond donors (Lipinski definition) is 2. The van der Waals surface area contributed by atoms with E-state index in [-0.39, 0.29) is 0 Å². The summed E-state index contributed by atoms with van der Waals surface area (Å²) in [5.41, 5.74) is 0. The monoisotopic (exact) mass is 276 g/mol. The van der Waals surface area contributed by atoms with E-state index in [0.717, 1.165) is 6.08 Å². The minimum atomic E-state index is -4.47. The fourth-order valence-electron chi connectivity index (χ4n) is 1.03. The van der Waals surface area contributed by atoms with E-state index in [9.17, 15) is 22.8 Å². The molecule has 2 amide bonds. The first-order valence-corrected chi connectivity index (χ1v) is 5.20. The number of halogens is 3. The number of nitrogens with one attached hydrogen (secondary N) is 2. The van der Waals surface area contributed by atoms with Crippen LogP contribution in [0.5, 0.6) is 0 Å². The van der Waals surface area contributed by atoms with Crippen molar-refractivity contribution in [1.82, 2.24) is 10.6 Å². The van der Waals surface area contributed by atoms with Crippen molar-refractivity contribution in [2.24, 2.45) is 0 Å². The van der Waals surface area contributed by atoms with Gasteiger partial charge in [0.1, 0.15) is 12.3 Å². The lowest BCUT2D eigenvalue weighted by Gasteiger charge is -2.08. The zero-order valence-corrected chi connectivity index (χ0v) is 9.66. The molecule has 1 aromatic heterocycles. The summed E-state index contributed by atoms with van der Waals surface area (Å²) < 4.78 is 40.2. The molecular formula is C11H11F3N2O3. The molecule has 0 bridgehead atoms. The Morgan fingerprint density at radius 2 is 2.05 bits per heavy atom. The first-order chi connectivity index (χ1) is 8.87. The van der Waals surface area contributed by atoms with Crippen molar-refractivity contribution in [1.29, 1.82) is 0 Å². The van der Waals surface area contributed by atoms with Crippen LogP contribution in [0.25, 0.3) is 6.08 Å². The van der Waals surface area contributed by atoms with Gasteiger partial charge in [-0.15, -0.1) is 0 Å². The Bertz CT molecular complexity index is 452. The predicted octanol–water partition coefficient (Wildman–Crippen LogP) is 1.09. The molecule has 0 aliphatic heterocycles. The lowest BCUT2D eigenvalue weighted by molar-refractivity contribution is -0.138. The van der Waals surface area contributed by atoms with Crippen molar-refractivity contribution in [2.75, 3.05) is 13.1 Å². The van der Waals surface area contributed by atoms with E-state index in [2.05, 4.69) is 5.32 Å². The Balaban J connectivity index is 2.25. The van der Waals surface area contributed by atoms with Crippen molar-refractivity contribution in [3.63, 3.8) is 0 Å². The Morgan fingerprint density at radius 3 is 2.63 bits per heavy atom. The van der Waals surface area contributed by atoms with Gasteiger partial charge in [-0.05, 0) is 18.2 Å². The SMILES string of the molecule is O=C(C=Cc1ccco1)NCC(=O)NCC(F)(F)F. The molecule has 5 nitrogen and oxygen atoms in total. The van der Waals surface area contributed by atoms with Gasteiger partial charge in [-0.3, -0.25) is 9.59 Å². The van der Waals surface area contributed by atoms with Crippen LogP contribution >= 0.6 is 0 Å². The lowest BCUT2D eigenvalue weighted by atomic mass is 10.4. The fourth-order valence-corrected chi connectivity index (χ4v) is 1.03. The second kappa shape index (κ2) is 6.62. The second-order valence-electron chi connectivity index (χ2n) is 3.46. The first kappa shape index (κ1) is 14.8. The van der Waals surface area contributed by atoms with Gasteiger partial charge in [-0.2, -0.15) is 13.2 Å². The maximum atomic E-state index is 11.8. The summed E-state index contributed by atoms with van der Waals surface area (Å²) in [5, 5.41) is 3.76. The van der Waals surface area contributed by atoms with Crippen LogP contribution in [0.15, 0.2) is 28.9 Å². The Hall–Kier alpha value is -2.25. The van der Waals surface area contributed by atoms with Gasteiger partial charge < -0.3 is 15.1 Å². The average Bonchev–Trinajstić information content (AvgIpc) is 2.83. The van der Waals surface area contributed by atoms with E-state index in [1.807, 2.05) is 0 Å². The summed E-state index contributed by atoms with van der Waals surface area (Å²) in [7, 11) is 0. The van der Waals surface area contributed by atoms with E-state index in [1.54, 1.807) is 17.4 Å². The molecule has 1 rings (SSSR count). The van der Waals surface area contributed by atoms with Crippen LogP contribution in [0.3, 0.4) is 0 Å². The van der Waals surface area contributed by atoms with Crippen molar-refractivity contribution in [3.8, 4) is 0 Å². The summed E-state index contributed by atoms with van der Waals surface area (Å²) >= 11 is 0. The molecule has 0 aliphatic carbocycles. The lowest BCUT2D eigenvalue weighted by Crippen LogP contribution is -2.40. The zero-order valence-electron chi connectivity index (χ0n) is 9.66. The van der Waals surface area contributed by atoms with Crippen molar-refractivity contribution in [3.05, 3.63) is 30.2 Å². The minimum Gasteiger partial charge on any atom is -0.465 e. The quantitative estimate of drug-likeness (QED) is 0.791. The molecule has 0 radical (unpaired) electrons. The largest absolute Gasteiger partial charge is 0.465 e. The predicted molar refractivity (Wildman–Crippen MR) is 59.8 cm³/mol. The summed E-state index contributed by atoms with van der Waals surface area (Å²) in [6.45, 7) is -1.96. The number of amides is 2. The van der Waals surface area contributed by atoms with E-state index >= 15 is 0 Å². The van der Waals surface area contributed by atoms with Gasteiger partial charge in [-0.25, -0.2) is 0 Å². The standard InChI is InChI=1S/C11H11F3N2O3/c12-11(13,14)7-16-10(18)6-15-9(17)4-3-8-2-1-5-19-8/h1-5H,6-7H2,(H,15,17)(H,16,18). The number of hydrogen-bond acceptors (Lipinski definition) is 3. The van der Waals surface area contributed by atoms with E-state index < -0.39 is 31.1 Å². The smallest absolute Gasteiger partial charge is 0.405 e. The number of alkyl halides is 3.